The second-order valence-corrected chi connectivity index (χ2v) is 4.65. The van der Waals surface area contributed by atoms with E-state index in [4.69, 9.17) is 4.52 Å². The van der Waals surface area contributed by atoms with Crippen LogP contribution >= 0.6 is 0 Å². The quantitative estimate of drug-likeness (QED) is 0.865. The molecular formula is C13H19N5O2. The number of aryl methyl sites for hydroxylation is 3. The number of aromatic nitrogens is 4. The van der Waals surface area contributed by atoms with E-state index in [1.165, 1.54) is 0 Å². The lowest BCUT2D eigenvalue weighted by Gasteiger charge is -2.13. The molecule has 0 saturated heterocycles. The van der Waals surface area contributed by atoms with Crippen LogP contribution in [0.25, 0.3) is 0 Å². The van der Waals surface area contributed by atoms with Crippen LogP contribution < -0.4 is 5.32 Å². The van der Waals surface area contributed by atoms with Gasteiger partial charge in [-0.25, -0.2) is 0 Å². The second-order valence-electron chi connectivity index (χ2n) is 4.65. The van der Waals surface area contributed by atoms with Gasteiger partial charge in [0.1, 0.15) is 6.04 Å². The molecule has 108 valence electrons. The van der Waals surface area contributed by atoms with E-state index in [2.05, 4.69) is 20.6 Å². The smallest absolute Gasteiger partial charge is 0.249 e. The zero-order valence-corrected chi connectivity index (χ0v) is 12.0. The van der Waals surface area contributed by atoms with E-state index in [9.17, 15) is 4.79 Å². The molecule has 0 bridgehead atoms. The number of hydrogen-bond acceptors (Lipinski definition) is 5. The lowest BCUT2D eigenvalue weighted by atomic mass is 10.2. The van der Waals surface area contributed by atoms with Crippen LogP contribution in [-0.2, 0) is 11.3 Å². The summed E-state index contributed by atoms with van der Waals surface area (Å²) in [6, 6.07) is 1.68. The zero-order valence-electron chi connectivity index (χ0n) is 12.0. The minimum Gasteiger partial charge on any atom is -0.344 e. The van der Waals surface area contributed by atoms with Crippen LogP contribution in [0.15, 0.2) is 16.8 Å². The van der Waals surface area contributed by atoms with Crippen LogP contribution in [-0.4, -0.2) is 25.8 Å². The Morgan fingerprint density at radius 1 is 1.50 bits per heavy atom. The van der Waals surface area contributed by atoms with Crippen molar-refractivity contribution >= 4 is 5.91 Å². The predicted octanol–water partition coefficient (Wildman–Crippen LogP) is 1.54. The van der Waals surface area contributed by atoms with E-state index in [1.54, 1.807) is 17.8 Å². The largest absolute Gasteiger partial charge is 0.344 e. The van der Waals surface area contributed by atoms with Gasteiger partial charge in [-0.15, -0.1) is 0 Å². The predicted molar refractivity (Wildman–Crippen MR) is 71.8 cm³/mol. The number of carbonyl (C=O) groups excluding carboxylic acids is 1. The molecule has 1 amide bonds. The Kier molecular flexibility index (Phi) is 4.49. The summed E-state index contributed by atoms with van der Waals surface area (Å²) >= 11 is 0. The molecule has 7 nitrogen and oxygen atoms in total. The van der Waals surface area contributed by atoms with Gasteiger partial charge in [0.05, 0.1) is 0 Å². The normalized spacial score (nSPS) is 12.3. The van der Waals surface area contributed by atoms with E-state index >= 15 is 0 Å². The SMILES string of the molecule is CCC(NC(=O)CCn1nccc1C)c1nc(C)no1. The Balaban J connectivity index is 1.88. The Bertz CT molecular complexity index is 575. The Morgan fingerprint density at radius 3 is 2.85 bits per heavy atom. The summed E-state index contributed by atoms with van der Waals surface area (Å²) in [4.78, 5) is 16.1. The highest BCUT2D eigenvalue weighted by atomic mass is 16.5. The van der Waals surface area contributed by atoms with Gasteiger partial charge in [-0.3, -0.25) is 9.48 Å². The van der Waals surface area contributed by atoms with Crippen molar-refractivity contribution in [3.05, 3.63) is 29.7 Å². The fourth-order valence-corrected chi connectivity index (χ4v) is 1.90. The first kappa shape index (κ1) is 14.2. The fourth-order valence-electron chi connectivity index (χ4n) is 1.90. The average Bonchev–Trinajstić information content (AvgIpc) is 3.02. The highest BCUT2D eigenvalue weighted by Crippen LogP contribution is 2.14. The van der Waals surface area contributed by atoms with Gasteiger partial charge in [0.15, 0.2) is 5.82 Å². The maximum Gasteiger partial charge on any atom is 0.249 e. The molecule has 0 fully saturated rings. The number of rotatable bonds is 6. The van der Waals surface area contributed by atoms with E-state index in [1.807, 2.05) is 19.9 Å². The molecule has 1 unspecified atom stereocenters. The molecule has 0 aliphatic rings. The highest BCUT2D eigenvalue weighted by Gasteiger charge is 2.18. The number of amides is 1. The van der Waals surface area contributed by atoms with E-state index in [0.29, 0.717) is 31.1 Å². The van der Waals surface area contributed by atoms with E-state index in [-0.39, 0.29) is 11.9 Å². The molecule has 7 heteroatoms. The molecule has 2 heterocycles. The van der Waals surface area contributed by atoms with Gasteiger partial charge in [-0.05, 0) is 26.3 Å². The third-order valence-electron chi connectivity index (χ3n) is 3.06. The molecular weight excluding hydrogens is 258 g/mol. The third-order valence-corrected chi connectivity index (χ3v) is 3.06. The van der Waals surface area contributed by atoms with Gasteiger partial charge in [0, 0.05) is 24.9 Å². The lowest BCUT2D eigenvalue weighted by Crippen LogP contribution is -2.29. The number of nitrogens with one attached hydrogen (secondary N) is 1. The number of carbonyl (C=O) groups is 1. The van der Waals surface area contributed by atoms with Crippen molar-refractivity contribution in [1.82, 2.24) is 25.2 Å². The van der Waals surface area contributed by atoms with Crippen molar-refractivity contribution in [2.75, 3.05) is 0 Å². The topological polar surface area (TPSA) is 85.8 Å². The van der Waals surface area contributed by atoms with E-state index in [0.717, 1.165) is 5.69 Å². The minimum absolute atomic E-state index is 0.0531. The zero-order chi connectivity index (χ0) is 14.5. The Hall–Kier alpha value is -2.18. The number of hydrogen-bond donors (Lipinski definition) is 1. The van der Waals surface area contributed by atoms with Gasteiger partial charge >= 0.3 is 0 Å². The van der Waals surface area contributed by atoms with Gasteiger partial charge in [0.2, 0.25) is 11.8 Å². The highest BCUT2D eigenvalue weighted by molar-refractivity contribution is 5.76. The standard InChI is InChI=1S/C13H19N5O2/c1-4-11(13-15-10(3)17-20-13)16-12(19)6-8-18-9(2)5-7-14-18/h5,7,11H,4,6,8H2,1-3H3,(H,16,19). The third kappa shape index (κ3) is 3.43. The van der Waals surface area contributed by atoms with Crippen molar-refractivity contribution in [1.29, 1.82) is 0 Å². The van der Waals surface area contributed by atoms with Crippen molar-refractivity contribution in [3.63, 3.8) is 0 Å². The van der Waals surface area contributed by atoms with Gasteiger partial charge in [-0.2, -0.15) is 10.1 Å². The summed E-state index contributed by atoms with van der Waals surface area (Å²) < 4.78 is 6.90. The second kappa shape index (κ2) is 6.31. The maximum absolute atomic E-state index is 12.0. The monoisotopic (exact) mass is 277 g/mol. The van der Waals surface area contributed by atoms with Crippen LogP contribution in [0, 0.1) is 13.8 Å². The van der Waals surface area contributed by atoms with Gasteiger partial charge in [0.25, 0.3) is 0 Å². The molecule has 2 rings (SSSR count). The molecule has 0 spiro atoms. The molecule has 0 aromatic carbocycles. The fraction of sp³-hybridized carbons (Fsp3) is 0.538. The molecule has 0 aliphatic heterocycles. The van der Waals surface area contributed by atoms with Crippen molar-refractivity contribution in [2.45, 2.75) is 46.2 Å². The van der Waals surface area contributed by atoms with Crippen LogP contribution in [0.3, 0.4) is 0 Å². The summed E-state index contributed by atoms with van der Waals surface area (Å²) in [7, 11) is 0. The molecule has 1 atom stereocenters. The van der Waals surface area contributed by atoms with Crippen LogP contribution in [0.4, 0.5) is 0 Å². The molecule has 0 aliphatic carbocycles. The summed E-state index contributed by atoms with van der Waals surface area (Å²) in [6.45, 7) is 6.23. The van der Waals surface area contributed by atoms with Crippen molar-refractivity contribution < 1.29 is 9.32 Å². The summed E-state index contributed by atoms with van der Waals surface area (Å²) in [5.41, 5.74) is 1.04. The first-order valence-corrected chi connectivity index (χ1v) is 6.68. The number of nitrogens with zero attached hydrogens (tertiary/aromatic N) is 4. The summed E-state index contributed by atoms with van der Waals surface area (Å²) in [6.07, 6.45) is 2.80. The minimum atomic E-state index is -0.234. The summed E-state index contributed by atoms with van der Waals surface area (Å²) in [5.74, 6) is 0.969. The van der Waals surface area contributed by atoms with Crippen molar-refractivity contribution in [3.8, 4) is 0 Å². The first-order valence-electron chi connectivity index (χ1n) is 6.68. The van der Waals surface area contributed by atoms with Gasteiger partial charge < -0.3 is 9.84 Å². The lowest BCUT2D eigenvalue weighted by molar-refractivity contribution is -0.122. The molecule has 0 radical (unpaired) electrons. The van der Waals surface area contributed by atoms with Crippen LogP contribution in [0.1, 0.15) is 43.2 Å². The first-order chi connectivity index (χ1) is 9.60. The Labute approximate surface area is 117 Å². The summed E-state index contributed by atoms with van der Waals surface area (Å²) in [5, 5.41) is 10.8. The molecule has 2 aromatic rings. The molecule has 1 N–H and O–H groups in total. The van der Waals surface area contributed by atoms with Crippen LogP contribution in [0.2, 0.25) is 0 Å². The van der Waals surface area contributed by atoms with Crippen molar-refractivity contribution in [2.24, 2.45) is 0 Å². The average molecular weight is 277 g/mol. The van der Waals surface area contributed by atoms with Gasteiger partial charge in [-0.1, -0.05) is 12.1 Å². The Morgan fingerprint density at radius 2 is 2.30 bits per heavy atom. The molecule has 2 aromatic heterocycles. The maximum atomic E-state index is 12.0. The molecule has 0 saturated carbocycles. The van der Waals surface area contributed by atoms with Crippen LogP contribution in [0.5, 0.6) is 0 Å². The van der Waals surface area contributed by atoms with E-state index < -0.39 is 0 Å². The molecule has 20 heavy (non-hydrogen) atoms.